The molecular formula is C19H18F2N4O3S. The molecule has 0 unspecified atom stereocenters. The maximum atomic E-state index is 13.1. The minimum atomic E-state index is -3.65. The minimum absolute atomic E-state index is 0.0770. The van der Waals surface area contributed by atoms with Crippen LogP contribution in [0.1, 0.15) is 5.89 Å². The van der Waals surface area contributed by atoms with Gasteiger partial charge in [0.1, 0.15) is 11.6 Å². The van der Waals surface area contributed by atoms with Crippen molar-refractivity contribution in [3.63, 3.8) is 0 Å². The molecule has 0 aliphatic carbocycles. The van der Waals surface area contributed by atoms with Gasteiger partial charge in [-0.05, 0) is 48.5 Å². The van der Waals surface area contributed by atoms with Gasteiger partial charge in [0.25, 0.3) is 0 Å². The van der Waals surface area contributed by atoms with Gasteiger partial charge in [-0.15, -0.1) is 0 Å². The van der Waals surface area contributed by atoms with Crippen molar-refractivity contribution in [2.45, 2.75) is 11.4 Å². The lowest BCUT2D eigenvalue weighted by Gasteiger charge is -2.33. The van der Waals surface area contributed by atoms with E-state index in [9.17, 15) is 17.2 Å². The standard InChI is InChI=1S/C19H18F2N4O3S/c20-15-3-1-14(2-4-15)19-22-18(28-23-19)13-24-9-11-25(12-10-24)29(26,27)17-7-5-16(21)6-8-17/h1-8H,9-13H2. The number of aromatic nitrogens is 2. The van der Waals surface area contributed by atoms with Crippen LogP contribution in [0, 0.1) is 11.6 Å². The molecule has 0 saturated carbocycles. The molecule has 29 heavy (non-hydrogen) atoms. The fourth-order valence-electron chi connectivity index (χ4n) is 3.11. The van der Waals surface area contributed by atoms with Crippen molar-refractivity contribution >= 4 is 10.0 Å². The lowest BCUT2D eigenvalue weighted by atomic mass is 10.2. The number of sulfonamides is 1. The van der Waals surface area contributed by atoms with E-state index in [4.69, 9.17) is 4.52 Å². The molecule has 0 atom stereocenters. The lowest BCUT2D eigenvalue weighted by molar-refractivity contribution is 0.163. The van der Waals surface area contributed by atoms with Crippen molar-refractivity contribution in [2.75, 3.05) is 26.2 Å². The third-order valence-corrected chi connectivity index (χ3v) is 6.62. The summed E-state index contributed by atoms with van der Waals surface area (Å²) < 4.78 is 58.1. The fraction of sp³-hybridized carbons (Fsp3) is 0.263. The van der Waals surface area contributed by atoms with E-state index in [0.29, 0.717) is 50.0 Å². The van der Waals surface area contributed by atoms with Crippen LogP contribution in [0.3, 0.4) is 0 Å². The molecule has 0 spiro atoms. The smallest absolute Gasteiger partial charge is 0.243 e. The first-order valence-corrected chi connectivity index (χ1v) is 10.4. The Balaban J connectivity index is 1.37. The summed E-state index contributed by atoms with van der Waals surface area (Å²) in [5, 5.41) is 3.91. The van der Waals surface area contributed by atoms with Gasteiger partial charge in [-0.1, -0.05) is 5.16 Å². The number of nitrogens with zero attached hydrogens (tertiary/aromatic N) is 4. The second kappa shape index (κ2) is 7.97. The molecule has 1 aliphatic heterocycles. The Morgan fingerprint density at radius 1 is 0.897 bits per heavy atom. The Hall–Kier alpha value is -2.69. The summed E-state index contributed by atoms with van der Waals surface area (Å²) in [7, 11) is -3.65. The van der Waals surface area contributed by atoms with E-state index in [1.807, 2.05) is 4.90 Å². The summed E-state index contributed by atoms with van der Waals surface area (Å²) in [6.45, 7) is 1.99. The normalized spacial score (nSPS) is 16.2. The molecule has 1 aromatic heterocycles. The number of halogens is 2. The molecule has 7 nitrogen and oxygen atoms in total. The molecular weight excluding hydrogens is 402 g/mol. The van der Waals surface area contributed by atoms with Gasteiger partial charge < -0.3 is 4.52 Å². The average molecular weight is 420 g/mol. The monoisotopic (exact) mass is 420 g/mol. The summed E-state index contributed by atoms with van der Waals surface area (Å²) >= 11 is 0. The van der Waals surface area contributed by atoms with Gasteiger partial charge in [0.2, 0.25) is 21.7 Å². The highest BCUT2D eigenvalue weighted by atomic mass is 32.2. The fourth-order valence-corrected chi connectivity index (χ4v) is 4.53. The van der Waals surface area contributed by atoms with Crippen LogP contribution in [0.25, 0.3) is 11.4 Å². The van der Waals surface area contributed by atoms with Crippen LogP contribution >= 0.6 is 0 Å². The van der Waals surface area contributed by atoms with Gasteiger partial charge in [-0.25, -0.2) is 17.2 Å². The average Bonchev–Trinajstić information content (AvgIpc) is 3.18. The summed E-state index contributed by atoms with van der Waals surface area (Å²) in [5.41, 5.74) is 0.650. The van der Waals surface area contributed by atoms with E-state index >= 15 is 0 Å². The van der Waals surface area contributed by atoms with Crippen LogP contribution in [0.2, 0.25) is 0 Å². The molecule has 0 N–H and O–H groups in total. The number of hydrogen-bond donors (Lipinski definition) is 0. The molecule has 1 saturated heterocycles. The third-order valence-electron chi connectivity index (χ3n) is 4.71. The molecule has 152 valence electrons. The number of hydrogen-bond acceptors (Lipinski definition) is 6. The second-order valence-electron chi connectivity index (χ2n) is 6.65. The van der Waals surface area contributed by atoms with Gasteiger partial charge in [0.15, 0.2) is 0 Å². The molecule has 0 amide bonds. The Labute approximate surface area is 166 Å². The zero-order valence-corrected chi connectivity index (χ0v) is 16.1. The summed E-state index contributed by atoms with van der Waals surface area (Å²) in [6, 6.07) is 10.6. The summed E-state index contributed by atoms with van der Waals surface area (Å²) in [5.74, 6) is -0.0454. The topological polar surface area (TPSA) is 79.5 Å². The van der Waals surface area contributed by atoms with Gasteiger partial charge >= 0.3 is 0 Å². The van der Waals surface area contributed by atoms with Crippen LogP contribution in [0.15, 0.2) is 57.9 Å². The van der Waals surface area contributed by atoms with Gasteiger partial charge in [-0.3, -0.25) is 4.90 Å². The number of rotatable bonds is 5. The number of piperazine rings is 1. The van der Waals surface area contributed by atoms with Gasteiger partial charge in [0, 0.05) is 31.7 Å². The molecule has 1 aliphatic rings. The second-order valence-corrected chi connectivity index (χ2v) is 8.59. The predicted octanol–water partition coefficient (Wildman–Crippen LogP) is 2.52. The Bertz CT molecular complexity index is 1080. The van der Waals surface area contributed by atoms with Gasteiger partial charge in [-0.2, -0.15) is 9.29 Å². The number of benzene rings is 2. The quantitative estimate of drug-likeness (QED) is 0.631. The van der Waals surface area contributed by atoms with E-state index in [-0.39, 0.29) is 10.7 Å². The molecule has 3 aromatic rings. The molecule has 2 aromatic carbocycles. The van der Waals surface area contributed by atoms with E-state index < -0.39 is 15.8 Å². The molecule has 1 fully saturated rings. The first kappa shape index (κ1) is 19.6. The van der Waals surface area contributed by atoms with Crippen molar-refractivity contribution in [2.24, 2.45) is 0 Å². The molecule has 0 bridgehead atoms. The van der Waals surface area contributed by atoms with Crippen molar-refractivity contribution in [3.8, 4) is 11.4 Å². The minimum Gasteiger partial charge on any atom is -0.338 e. The molecule has 0 radical (unpaired) electrons. The summed E-state index contributed by atoms with van der Waals surface area (Å²) in [6.07, 6.45) is 0. The molecule has 10 heteroatoms. The zero-order valence-electron chi connectivity index (χ0n) is 15.3. The van der Waals surface area contributed by atoms with Crippen molar-refractivity contribution < 1.29 is 21.7 Å². The maximum absolute atomic E-state index is 13.1. The van der Waals surface area contributed by atoms with Crippen LogP contribution < -0.4 is 0 Å². The van der Waals surface area contributed by atoms with E-state index in [2.05, 4.69) is 10.1 Å². The Kier molecular flexibility index (Phi) is 5.39. The van der Waals surface area contributed by atoms with Crippen LogP contribution in [0.5, 0.6) is 0 Å². The van der Waals surface area contributed by atoms with E-state index in [0.717, 1.165) is 12.1 Å². The molecule has 2 heterocycles. The van der Waals surface area contributed by atoms with Crippen LogP contribution in [0.4, 0.5) is 8.78 Å². The predicted molar refractivity (Wildman–Crippen MR) is 100 cm³/mol. The molecule has 4 rings (SSSR count). The van der Waals surface area contributed by atoms with Crippen molar-refractivity contribution in [3.05, 3.63) is 66.1 Å². The van der Waals surface area contributed by atoms with Crippen LogP contribution in [-0.4, -0.2) is 53.9 Å². The lowest BCUT2D eigenvalue weighted by Crippen LogP contribution is -2.48. The highest BCUT2D eigenvalue weighted by Crippen LogP contribution is 2.20. The first-order valence-electron chi connectivity index (χ1n) is 8.98. The maximum Gasteiger partial charge on any atom is 0.243 e. The summed E-state index contributed by atoms with van der Waals surface area (Å²) in [4.78, 5) is 6.41. The third kappa shape index (κ3) is 4.34. The zero-order chi connectivity index (χ0) is 20.4. The Morgan fingerprint density at radius 3 is 2.10 bits per heavy atom. The SMILES string of the molecule is O=S(=O)(c1ccc(F)cc1)N1CCN(Cc2nc(-c3ccc(F)cc3)no2)CC1. The highest BCUT2D eigenvalue weighted by molar-refractivity contribution is 7.89. The van der Waals surface area contributed by atoms with Gasteiger partial charge in [0.05, 0.1) is 11.4 Å². The van der Waals surface area contributed by atoms with Crippen molar-refractivity contribution in [1.82, 2.24) is 19.3 Å². The largest absolute Gasteiger partial charge is 0.338 e. The first-order chi connectivity index (χ1) is 13.9. The van der Waals surface area contributed by atoms with Crippen molar-refractivity contribution in [1.29, 1.82) is 0 Å². The van der Waals surface area contributed by atoms with E-state index in [1.54, 1.807) is 12.1 Å². The van der Waals surface area contributed by atoms with E-state index in [1.165, 1.54) is 28.6 Å². The highest BCUT2D eigenvalue weighted by Gasteiger charge is 2.29. The Morgan fingerprint density at radius 2 is 1.48 bits per heavy atom. The van der Waals surface area contributed by atoms with Crippen LogP contribution in [-0.2, 0) is 16.6 Å².